The molecule has 0 saturated heterocycles. The van der Waals surface area contributed by atoms with Crippen LogP contribution in [0.3, 0.4) is 0 Å². The van der Waals surface area contributed by atoms with E-state index in [-0.39, 0.29) is 12.4 Å². The first-order chi connectivity index (χ1) is 16.7. The normalized spacial score (nSPS) is 11.2. The van der Waals surface area contributed by atoms with Gasteiger partial charge in [0.15, 0.2) is 0 Å². The van der Waals surface area contributed by atoms with E-state index in [0.717, 1.165) is 11.1 Å². The average molecular weight is 495 g/mol. The van der Waals surface area contributed by atoms with Crippen LogP contribution < -0.4 is 16.0 Å². The molecule has 0 bridgehead atoms. The number of hydrogen-bond donors (Lipinski definition) is 3. The van der Waals surface area contributed by atoms with Gasteiger partial charge in [0, 0.05) is 44.8 Å². The SMILES string of the molecule is CN(C)C(=O)C(CNC(=O)C(=O)Nc1ccc(Cl)cn1)NC(=O)c1ccc(-c2ccncc2)cc1. The summed E-state index contributed by atoms with van der Waals surface area (Å²) in [4.78, 5) is 58.8. The van der Waals surface area contributed by atoms with Crippen molar-refractivity contribution >= 4 is 41.0 Å². The van der Waals surface area contributed by atoms with Crippen LogP contribution in [0.5, 0.6) is 0 Å². The van der Waals surface area contributed by atoms with E-state index in [0.29, 0.717) is 10.6 Å². The van der Waals surface area contributed by atoms with E-state index >= 15 is 0 Å². The highest BCUT2D eigenvalue weighted by Gasteiger charge is 2.25. The van der Waals surface area contributed by atoms with Gasteiger partial charge in [-0.05, 0) is 47.5 Å². The Balaban J connectivity index is 1.62. The Morgan fingerprint density at radius 1 is 0.914 bits per heavy atom. The Hall–Kier alpha value is -4.31. The lowest BCUT2D eigenvalue weighted by molar-refractivity contribution is -0.136. The quantitative estimate of drug-likeness (QED) is 0.428. The fourth-order valence-electron chi connectivity index (χ4n) is 3.01. The number of carbonyl (C=O) groups excluding carboxylic acids is 4. The lowest BCUT2D eigenvalue weighted by Gasteiger charge is -2.22. The molecule has 0 saturated carbocycles. The Kier molecular flexibility index (Phi) is 8.47. The molecule has 0 aliphatic heterocycles. The largest absolute Gasteiger partial charge is 0.347 e. The molecule has 0 aliphatic carbocycles. The number of benzene rings is 1. The van der Waals surface area contributed by atoms with Crippen LogP contribution in [0.1, 0.15) is 10.4 Å². The minimum atomic E-state index is -1.09. The Morgan fingerprint density at radius 3 is 2.17 bits per heavy atom. The maximum absolute atomic E-state index is 12.8. The fraction of sp³-hybridized carbons (Fsp3) is 0.167. The zero-order valence-corrected chi connectivity index (χ0v) is 19.7. The molecule has 0 fully saturated rings. The number of carbonyl (C=O) groups is 4. The summed E-state index contributed by atoms with van der Waals surface area (Å²) in [5.74, 6) is -2.79. The molecule has 10 nitrogen and oxygen atoms in total. The van der Waals surface area contributed by atoms with E-state index < -0.39 is 29.7 Å². The van der Waals surface area contributed by atoms with Crippen LogP contribution in [-0.2, 0) is 14.4 Å². The highest BCUT2D eigenvalue weighted by molar-refractivity contribution is 6.39. The van der Waals surface area contributed by atoms with Gasteiger partial charge in [-0.25, -0.2) is 4.98 Å². The van der Waals surface area contributed by atoms with Gasteiger partial charge in [-0.1, -0.05) is 23.7 Å². The zero-order valence-electron chi connectivity index (χ0n) is 19.0. The van der Waals surface area contributed by atoms with Gasteiger partial charge in [-0.15, -0.1) is 0 Å². The summed E-state index contributed by atoms with van der Waals surface area (Å²) >= 11 is 5.74. The van der Waals surface area contributed by atoms with E-state index in [1.807, 2.05) is 12.1 Å². The highest BCUT2D eigenvalue weighted by atomic mass is 35.5. The Labute approximate surface area is 206 Å². The molecule has 3 rings (SSSR count). The highest BCUT2D eigenvalue weighted by Crippen LogP contribution is 2.18. The summed E-state index contributed by atoms with van der Waals surface area (Å²) < 4.78 is 0. The van der Waals surface area contributed by atoms with Crippen molar-refractivity contribution in [3.63, 3.8) is 0 Å². The fourth-order valence-corrected chi connectivity index (χ4v) is 3.12. The average Bonchev–Trinajstić information content (AvgIpc) is 2.87. The van der Waals surface area contributed by atoms with Crippen LogP contribution in [-0.4, -0.2) is 65.2 Å². The monoisotopic (exact) mass is 494 g/mol. The molecule has 3 N–H and O–H groups in total. The van der Waals surface area contributed by atoms with E-state index in [4.69, 9.17) is 11.6 Å². The number of nitrogens with zero attached hydrogens (tertiary/aromatic N) is 3. The van der Waals surface area contributed by atoms with E-state index in [9.17, 15) is 19.2 Å². The van der Waals surface area contributed by atoms with Crippen LogP contribution in [0.4, 0.5) is 5.82 Å². The van der Waals surface area contributed by atoms with Crippen molar-refractivity contribution < 1.29 is 19.2 Å². The second-order valence-corrected chi connectivity index (χ2v) is 8.03. The number of nitrogens with one attached hydrogen (secondary N) is 3. The van der Waals surface area contributed by atoms with Gasteiger partial charge in [0.2, 0.25) is 5.91 Å². The second-order valence-electron chi connectivity index (χ2n) is 7.60. The van der Waals surface area contributed by atoms with Crippen molar-refractivity contribution in [3.8, 4) is 11.1 Å². The summed E-state index contributed by atoms with van der Waals surface area (Å²) in [7, 11) is 3.04. The van der Waals surface area contributed by atoms with Gasteiger partial charge in [0.05, 0.1) is 5.02 Å². The number of pyridine rings is 2. The van der Waals surface area contributed by atoms with Crippen LogP contribution >= 0.6 is 11.6 Å². The van der Waals surface area contributed by atoms with Gasteiger partial charge in [0.1, 0.15) is 11.9 Å². The smallest absolute Gasteiger partial charge is 0.314 e. The third-order valence-electron chi connectivity index (χ3n) is 4.85. The summed E-state index contributed by atoms with van der Waals surface area (Å²) in [6, 6.07) is 12.4. The van der Waals surface area contributed by atoms with Gasteiger partial charge in [-0.3, -0.25) is 24.2 Å². The van der Waals surface area contributed by atoms with E-state index in [2.05, 4.69) is 25.9 Å². The lowest BCUT2D eigenvalue weighted by Crippen LogP contribution is -2.53. The molecule has 2 heterocycles. The first-order valence-electron chi connectivity index (χ1n) is 10.5. The summed E-state index contributed by atoms with van der Waals surface area (Å²) in [5.41, 5.74) is 2.18. The molecular formula is C24H23ClN6O4. The minimum absolute atomic E-state index is 0.138. The first-order valence-corrected chi connectivity index (χ1v) is 10.9. The summed E-state index contributed by atoms with van der Waals surface area (Å²) in [5, 5.41) is 7.67. The number of hydrogen-bond acceptors (Lipinski definition) is 6. The maximum Gasteiger partial charge on any atom is 0.314 e. The van der Waals surface area contributed by atoms with Crippen LogP contribution in [0.15, 0.2) is 67.1 Å². The summed E-state index contributed by atoms with van der Waals surface area (Å²) in [6.45, 7) is -0.294. The standard InChI is InChI=1S/C24H23ClN6O4/c1-31(2)24(35)19(14-28-22(33)23(34)30-20-8-7-18(25)13-27-20)29-21(32)17-5-3-15(4-6-17)16-9-11-26-12-10-16/h3-13,19H,14H2,1-2H3,(H,28,33)(H,29,32)(H,27,30,34). The number of halogens is 1. The van der Waals surface area contributed by atoms with Crippen molar-refractivity contribution in [1.82, 2.24) is 25.5 Å². The molecule has 2 aromatic heterocycles. The molecule has 0 aliphatic rings. The zero-order chi connectivity index (χ0) is 25.4. The van der Waals surface area contributed by atoms with Crippen molar-refractivity contribution in [2.45, 2.75) is 6.04 Å². The number of anilines is 1. The second kappa shape index (κ2) is 11.7. The van der Waals surface area contributed by atoms with Gasteiger partial charge < -0.3 is 20.9 Å². The molecule has 35 heavy (non-hydrogen) atoms. The van der Waals surface area contributed by atoms with E-state index in [1.54, 1.807) is 36.7 Å². The molecule has 1 unspecified atom stereocenters. The van der Waals surface area contributed by atoms with Crippen molar-refractivity contribution in [2.24, 2.45) is 0 Å². The Morgan fingerprint density at radius 2 is 1.57 bits per heavy atom. The number of rotatable bonds is 7. The molecule has 180 valence electrons. The van der Waals surface area contributed by atoms with Crippen molar-refractivity contribution in [3.05, 3.63) is 77.7 Å². The van der Waals surface area contributed by atoms with Gasteiger partial charge in [-0.2, -0.15) is 0 Å². The lowest BCUT2D eigenvalue weighted by atomic mass is 10.0. The van der Waals surface area contributed by atoms with Gasteiger partial charge in [0.25, 0.3) is 5.91 Å². The molecule has 1 atom stereocenters. The third kappa shape index (κ3) is 7.08. The summed E-state index contributed by atoms with van der Waals surface area (Å²) in [6.07, 6.45) is 4.67. The molecule has 0 spiro atoms. The van der Waals surface area contributed by atoms with Crippen LogP contribution in [0.2, 0.25) is 5.02 Å². The molecule has 3 aromatic rings. The minimum Gasteiger partial charge on any atom is -0.347 e. The number of aromatic nitrogens is 2. The van der Waals surface area contributed by atoms with Crippen molar-refractivity contribution in [1.29, 1.82) is 0 Å². The molecular weight excluding hydrogens is 472 g/mol. The van der Waals surface area contributed by atoms with Crippen LogP contribution in [0, 0.1) is 0 Å². The topological polar surface area (TPSA) is 133 Å². The Bertz CT molecular complexity index is 1200. The molecule has 11 heteroatoms. The third-order valence-corrected chi connectivity index (χ3v) is 5.07. The molecule has 0 radical (unpaired) electrons. The van der Waals surface area contributed by atoms with Gasteiger partial charge >= 0.3 is 11.8 Å². The van der Waals surface area contributed by atoms with Crippen molar-refractivity contribution in [2.75, 3.05) is 26.0 Å². The predicted molar refractivity (Wildman–Crippen MR) is 131 cm³/mol. The number of amides is 4. The molecule has 1 aromatic carbocycles. The van der Waals surface area contributed by atoms with E-state index in [1.165, 1.54) is 37.3 Å². The number of likely N-dealkylation sites (N-methyl/N-ethyl adjacent to an activating group) is 1. The maximum atomic E-state index is 12.8. The molecule has 4 amide bonds. The first kappa shape index (κ1) is 25.3. The predicted octanol–water partition coefficient (Wildman–Crippen LogP) is 1.74. The van der Waals surface area contributed by atoms with Crippen LogP contribution in [0.25, 0.3) is 11.1 Å².